The summed E-state index contributed by atoms with van der Waals surface area (Å²) < 4.78 is 0. The molecule has 0 aromatic carbocycles. The second-order valence-corrected chi connectivity index (χ2v) is 5.89. The van der Waals surface area contributed by atoms with Crippen LogP contribution >= 0.6 is 0 Å². The summed E-state index contributed by atoms with van der Waals surface area (Å²) in [5.41, 5.74) is 0.438. The van der Waals surface area contributed by atoms with Crippen molar-refractivity contribution in [2.45, 2.75) is 33.6 Å². The number of piperidine rings is 1. The van der Waals surface area contributed by atoms with Crippen LogP contribution in [0.5, 0.6) is 0 Å². The Kier molecular flexibility index (Phi) is 4.93. The summed E-state index contributed by atoms with van der Waals surface area (Å²) in [6.07, 6.45) is 2.22. The monoisotopic (exact) mass is 276 g/mol. The van der Waals surface area contributed by atoms with Gasteiger partial charge in [0.05, 0.1) is 0 Å². The average molecular weight is 276 g/mol. The molecular formula is C15H24N4O. The fourth-order valence-corrected chi connectivity index (χ4v) is 2.78. The van der Waals surface area contributed by atoms with Gasteiger partial charge in [0.15, 0.2) is 5.69 Å². The van der Waals surface area contributed by atoms with Gasteiger partial charge in [-0.05, 0) is 36.8 Å². The maximum Gasteiger partial charge on any atom is 0.274 e. The topological polar surface area (TPSA) is 58.1 Å². The van der Waals surface area contributed by atoms with Gasteiger partial charge in [0, 0.05) is 19.6 Å². The van der Waals surface area contributed by atoms with Gasteiger partial charge in [-0.3, -0.25) is 4.79 Å². The number of aromatic nitrogens is 2. The van der Waals surface area contributed by atoms with E-state index in [-0.39, 0.29) is 5.91 Å². The maximum atomic E-state index is 12.4. The molecule has 110 valence electrons. The van der Waals surface area contributed by atoms with Crippen molar-refractivity contribution in [3.8, 4) is 0 Å². The Labute approximate surface area is 120 Å². The molecule has 1 amide bonds. The molecular weight excluding hydrogens is 252 g/mol. The third-order valence-electron chi connectivity index (χ3n) is 3.60. The van der Waals surface area contributed by atoms with Crippen LogP contribution < -0.4 is 5.32 Å². The van der Waals surface area contributed by atoms with Gasteiger partial charge in [-0.15, -0.1) is 10.2 Å². The van der Waals surface area contributed by atoms with Gasteiger partial charge in [0.2, 0.25) is 0 Å². The quantitative estimate of drug-likeness (QED) is 0.917. The van der Waals surface area contributed by atoms with Crippen molar-refractivity contribution in [2.24, 2.45) is 11.8 Å². The number of hydrogen-bond acceptors (Lipinski definition) is 4. The minimum Gasteiger partial charge on any atom is -0.369 e. The van der Waals surface area contributed by atoms with Gasteiger partial charge >= 0.3 is 0 Å². The first kappa shape index (κ1) is 14.8. The van der Waals surface area contributed by atoms with Crippen LogP contribution in [-0.4, -0.2) is 40.6 Å². The van der Waals surface area contributed by atoms with Gasteiger partial charge in [-0.1, -0.05) is 20.8 Å². The predicted octanol–water partition coefficient (Wildman–Crippen LogP) is 2.42. The highest BCUT2D eigenvalue weighted by Gasteiger charge is 2.26. The summed E-state index contributed by atoms with van der Waals surface area (Å²) in [7, 11) is 0. The summed E-state index contributed by atoms with van der Waals surface area (Å²) in [6, 6.07) is 3.59. The van der Waals surface area contributed by atoms with Gasteiger partial charge in [0.25, 0.3) is 5.91 Å². The number of likely N-dealkylation sites (tertiary alicyclic amines) is 1. The van der Waals surface area contributed by atoms with Crippen molar-refractivity contribution in [3.63, 3.8) is 0 Å². The van der Waals surface area contributed by atoms with Gasteiger partial charge in [0.1, 0.15) is 5.82 Å². The minimum absolute atomic E-state index is 0.00191. The maximum absolute atomic E-state index is 12.4. The third-order valence-corrected chi connectivity index (χ3v) is 3.60. The van der Waals surface area contributed by atoms with Crippen LogP contribution in [0, 0.1) is 11.8 Å². The Morgan fingerprint density at radius 1 is 1.30 bits per heavy atom. The first-order valence-electron chi connectivity index (χ1n) is 7.47. The number of amides is 1. The standard InChI is InChI=1S/C15H24N4O/c1-4-7-16-14-6-5-13(17-18-14)15(20)19-9-11(2)8-12(3)10-19/h5-6,11-12H,4,7-10H2,1-3H3,(H,16,18). The van der Waals surface area contributed by atoms with E-state index in [1.165, 1.54) is 6.42 Å². The van der Waals surface area contributed by atoms with E-state index in [0.717, 1.165) is 31.9 Å². The third kappa shape index (κ3) is 3.68. The van der Waals surface area contributed by atoms with E-state index < -0.39 is 0 Å². The van der Waals surface area contributed by atoms with Crippen LogP contribution in [0.4, 0.5) is 5.82 Å². The van der Waals surface area contributed by atoms with Crippen LogP contribution in [0.15, 0.2) is 12.1 Å². The molecule has 1 aromatic rings. The lowest BCUT2D eigenvalue weighted by atomic mass is 9.92. The molecule has 1 aliphatic heterocycles. The second-order valence-electron chi connectivity index (χ2n) is 5.89. The van der Waals surface area contributed by atoms with Crippen LogP contribution in [0.25, 0.3) is 0 Å². The second kappa shape index (κ2) is 6.68. The fourth-order valence-electron chi connectivity index (χ4n) is 2.78. The van der Waals surface area contributed by atoms with Crippen molar-refractivity contribution in [1.29, 1.82) is 0 Å². The number of nitrogens with one attached hydrogen (secondary N) is 1. The van der Waals surface area contributed by atoms with Crippen molar-refractivity contribution >= 4 is 11.7 Å². The van der Waals surface area contributed by atoms with Crippen LogP contribution in [0.1, 0.15) is 44.1 Å². The molecule has 1 saturated heterocycles. The molecule has 0 aliphatic carbocycles. The Hall–Kier alpha value is -1.65. The van der Waals surface area contributed by atoms with Gasteiger partial charge in [-0.2, -0.15) is 0 Å². The lowest BCUT2D eigenvalue weighted by Crippen LogP contribution is -2.42. The zero-order valence-corrected chi connectivity index (χ0v) is 12.6. The van der Waals surface area contributed by atoms with Crippen LogP contribution in [0.3, 0.4) is 0 Å². The highest BCUT2D eigenvalue weighted by Crippen LogP contribution is 2.22. The van der Waals surface area contributed by atoms with Crippen LogP contribution in [-0.2, 0) is 0 Å². The molecule has 2 unspecified atom stereocenters. The summed E-state index contributed by atoms with van der Waals surface area (Å²) >= 11 is 0. The molecule has 0 radical (unpaired) electrons. The number of carbonyl (C=O) groups is 1. The molecule has 1 N–H and O–H groups in total. The Balaban J connectivity index is 2.01. The zero-order chi connectivity index (χ0) is 14.5. The molecule has 2 rings (SSSR count). The van der Waals surface area contributed by atoms with E-state index in [9.17, 15) is 4.79 Å². The highest BCUT2D eigenvalue weighted by atomic mass is 16.2. The molecule has 2 heterocycles. The molecule has 2 atom stereocenters. The molecule has 20 heavy (non-hydrogen) atoms. The van der Waals surface area contributed by atoms with Crippen molar-refractivity contribution in [2.75, 3.05) is 25.0 Å². The summed E-state index contributed by atoms with van der Waals surface area (Å²) in [6.45, 7) is 8.99. The normalized spacial score (nSPS) is 22.6. The number of hydrogen-bond donors (Lipinski definition) is 1. The number of anilines is 1. The molecule has 1 fully saturated rings. The van der Waals surface area contributed by atoms with E-state index in [2.05, 4.69) is 36.3 Å². The molecule has 5 heteroatoms. The van der Waals surface area contributed by atoms with Gasteiger partial charge in [-0.25, -0.2) is 0 Å². The van der Waals surface area contributed by atoms with E-state index >= 15 is 0 Å². The summed E-state index contributed by atoms with van der Waals surface area (Å²) in [5.74, 6) is 1.84. The summed E-state index contributed by atoms with van der Waals surface area (Å²) in [4.78, 5) is 14.3. The van der Waals surface area contributed by atoms with E-state index in [4.69, 9.17) is 0 Å². The van der Waals surface area contributed by atoms with Crippen molar-refractivity contribution < 1.29 is 4.79 Å². The number of rotatable bonds is 4. The largest absolute Gasteiger partial charge is 0.369 e. The molecule has 1 aromatic heterocycles. The van der Waals surface area contributed by atoms with Gasteiger partial charge < -0.3 is 10.2 Å². The number of carbonyl (C=O) groups excluding carboxylic acids is 1. The molecule has 5 nitrogen and oxygen atoms in total. The molecule has 0 spiro atoms. The zero-order valence-electron chi connectivity index (χ0n) is 12.6. The lowest BCUT2D eigenvalue weighted by molar-refractivity contribution is 0.0616. The van der Waals surface area contributed by atoms with E-state index in [1.54, 1.807) is 6.07 Å². The minimum atomic E-state index is -0.00191. The van der Waals surface area contributed by atoms with E-state index in [1.807, 2.05) is 11.0 Å². The Bertz CT molecular complexity index is 436. The van der Waals surface area contributed by atoms with Crippen molar-refractivity contribution in [3.05, 3.63) is 17.8 Å². The first-order chi connectivity index (χ1) is 9.60. The predicted molar refractivity (Wildman–Crippen MR) is 79.7 cm³/mol. The Morgan fingerprint density at radius 2 is 2.00 bits per heavy atom. The fraction of sp³-hybridized carbons (Fsp3) is 0.667. The summed E-state index contributed by atoms with van der Waals surface area (Å²) in [5, 5.41) is 11.3. The van der Waals surface area contributed by atoms with Crippen molar-refractivity contribution in [1.82, 2.24) is 15.1 Å². The molecule has 0 saturated carbocycles. The van der Waals surface area contributed by atoms with Crippen LogP contribution in [0.2, 0.25) is 0 Å². The lowest BCUT2D eigenvalue weighted by Gasteiger charge is -2.34. The average Bonchev–Trinajstić information content (AvgIpc) is 2.44. The highest BCUT2D eigenvalue weighted by molar-refractivity contribution is 5.92. The molecule has 0 bridgehead atoms. The molecule has 1 aliphatic rings. The number of nitrogens with zero attached hydrogens (tertiary/aromatic N) is 3. The SMILES string of the molecule is CCCNc1ccc(C(=O)N2CC(C)CC(C)C2)nn1. The van der Waals surface area contributed by atoms with E-state index in [0.29, 0.717) is 17.5 Å². The first-order valence-corrected chi connectivity index (χ1v) is 7.47. The smallest absolute Gasteiger partial charge is 0.274 e. The Morgan fingerprint density at radius 3 is 2.55 bits per heavy atom.